The number of hydrogen-bond donors (Lipinski definition) is 1. The number of carbonyl (C=O) groups excluding carboxylic acids is 1. The van der Waals surface area contributed by atoms with Gasteiger partial charge in [-0.05, 0) is 55.1 Å². The van der Waals surface area contributed by atoms with Crippen LogP contribution in [0.5, 0.6) is 5.75 Å². The number of carbonyl (C=O) groups is 2. The van der Waals surface area contributed by atoms with E-state index in [1.807, 2.05) is 42.5 Å². The third kappa shape index (κ3) is 5.26. The summed E-state index contributed by atoms with van der Waals surface area (Å²) < 4.78 is 7.46. The zero-order valence-corrected chi connectivity index (χ0v) is 18.3. The molecule has 2 amide bonds. The van der Waals surface area contributed by atoms with Crippen LogP contribution < -0.4 is 4.74 Å². The van der Waals surface area contributed by atoms with Crippen molar-refractivity contribution in [2.24, 2.45) is 0 Å². The first kappa shape index (κ1) is 20.7. The molecular formula is C20H20Br2N2O4. The second-order valence-electron chi connectivity index (χ2n) is 6.49. The molecule has 0 unspecified atom stereocenters. The lowest BCUT2D eigenvalue weighted by atomic mass is 10.1. The van der Waals surface area contributed by atoms with Gasteiger partial charge in [-0.15, -0.1) is 0 Å². The van der Waals surface area contributed by atoms with Gasteiger partial charge in [0.2, 0.25) is 5.91 Å². The fraction of sp³-hybridized carbons (Fsp3) is 0.300. The molecule has 1 N–H and O–H groups in total. The normalized spacial score (nSPS) is 14.1. The Morgan fingerprint density at radius 2 is 1.50 bits per heavy atom. The highest BCUT2D eigenvalue weighted by atomic mass is 79.9. The third-order valence-electron chi connectivity index (χ3n) is 4.54. The maximum Gasteiger partial charge on any atom is 0.407 e. The van der Waals surface area contributed by atoms with Crippen LogP contribution in [0.1, 0.15) is 11.1 Å². The molecule has 2 aromatic carbocycles. The topological polar surface area (TPSA) is 70.1 Å². The van der Waals surface area contributed by atoms with Crippen LogP contribution in [0.2, 0.25) is 0 Å². The van der Waals surface area contributed by atoms with Crippen LogP contribution in [0.3, 0.4) is 0 Å². The molecule has 0 aliphatic carbocycles. The molecular weight excluding hydrogens is 492 g/mol. The Balaban J connectivity index is 1.61. The Morgan fingerprint density at radius 1 is 0.929 bits per heavy atom. The first-order valence-corrected chi connectivity index (χ1v) is 10.4. The van der Waals surface area contributed by atoms with Gasteiger partial charge in [0.25, 0.3) is 0 Å². The Kier molecular flexibility index (Phi) is 6.96. The van der Waals surface area contributed by atoms with E-state index >= 15 is 0 Å². The quantitative estimate of drug-likeness (QED) is 0.654. The Morgan fingerprint density at radius 3 is 2.07 bits per heavy atom. The third-order valence-corrected chi connectivity index (χ3v) is 5.72. The monoisotopic (exact) mass is 510 g/mol. The number of amides is 2. The van der Waals surface area contributed by atoms with E-state index in [0.717, 1.165) is 20.1 Å². The van der Waals surface area contributed by atoms with Crippen molar-refractivity contribution in [2.45, 2.75) is 13.0 Å². The van der Waals surface area contributed by atoms with Gasteiger partial charge in [-0.2, -0.15) is 0 Å². The van der Waals surface area contributed by atoms with E-state index in [0.29, 0.717) is 38.5 Å². The first-order valence-electron chi connectivity index (χ1n) is 8.84. The van der Waals surface area contributed by atoms with Gasteiger partial charge in [0.1, 0.15) is 12.4 Å². The average molecular weight is 512 g/mol. The molecule has 1 heterocycles. The maximum atomic E-state index is 12.6. The first-order chi connectivity index (χ1) is 13.4. The molecule has 28 heavy (non-hydrogen) atoms. The minimum absolute atomic E-state index is 0.0122. The van der Waals surface area contributed by atoms with Crippen molar-refractivity contribution < 1.29 is 19.4 Å². The van der Waals surface area contributed by atoms with Crippen LogP contribution in [0.25, 0.3) is 0 Å². The molecule has 6 nitrogen and oxygen atoms in total. The number of carboxylic acid groups (broad SMARTS) is 1. The van der Waals surface area contributed by atoms with Crippen LogP contribution in [0, 0.1) is 0 Å². The fourth-order valence-corrected chi connectivity index (χ4v) is 4.53. The fourth-order valence-electron chi connectivity index (χ4n) is 3.02. The highest BCUT2D eigenvalue weighted by molar-refractivity contribution is 9.11. The van der Waals surface area contributed by atoms with Gasteiger partial charge in [-0.1, -0.05) is 30.3 Å². The number of nitrogens with zero attached hydrogens (tertiary/aromatic N) is 2. The van der Waals surface area contributed by atoms with Gasteiger partial charge in [-0.3, -0.25) is 4.79 Å². The smallest absolute Gasteiger partial charge is 0.407 e. The lowest BCUT2D eigenvalue weighted by Crippen LogP contribution is -2.50. The van der Waals surface area contributed by atoms with E-state index in [4.69, 9.17) is 9.84 Å². The molecule has 8 heteroatoms. The minimum Gasteiger partial charge on any atom is -0.487 e. The van der Waals surface area contributed by atoms with Crippen molar-refractivity contribution in [3.63, 3.8) is 0 Å². The molecule has 1 fully saturated rings. The lowest BCUT2D eigenvalue weighted by molar-refractivity contribution is -0.132. The summed E-state index contributed by atoms with van der Waals surface area (Å²) in [5.41, 5.74) is 1.93. The Hall–Kier alpha value is -2.06. The van der Waals surface area contributed by atoms with Gasteiger partial charge in [0, 0.05) is 26.2 Å². The Labute approximate surface area is 180 Å². The highest BCUT2D eigenvalue weighted by Crippen LogP contribution is 2.35. The predicted molar refractivity (Wildman–Crippen MR) is 112 cm³/mol. The molecule has 2 aromatic rings. The molecule has 0 bridgehead atoms. The van der Waals surface area contributed by atoms with E-state index in [-0.39, 0.29) is 12.3 Å². The van der Waals surface area contributed by atoms with Crippen molar-refractivity contribution in [1.82, 2.24) is 9.80 Å². The molecule has 3 rings (SSSR count). The standard InChI is InChI=1S/C20H20Br2N2O4/c21-16-10-15(12-18(25)23-6-8-24(9-7-23)20(26)27)11-17(22)19(16)28-13-14-4-2-1-3-5-14/h1-5,10-11H,6-9,12-13H2,(H,26,27). The van der Waals surface area contributed by atoms with Gasteiger partial charge in [0.05, 0.1) is 15.4 Å². The average Bonchev–Trinajstić information content (AvgIpc) is 2.68. The number of ether oxygens (including phenoxy) is 1. The summed E-state index contributed by atoms with van der Waals surface area (Å²) in [6, 6.07) is 13.7. The van der Waals surface area contributed by atoms with Crippen LogP contribution >= 0.6 is 31.9 Å². The lowest BCUT2D eigenvalue weighted by Gasteiger charge is -2.33. The molecule has 0 saturated carbocycles. The second-order valence-corrected chi connectivity index (χ2v) is 8.20. The molecule has 0 radical (unpaired) electrons. The van der Waals surface area contributed by atoms with Crippen LogP contribution in [-0.2, 0) is 17.8 Å². The molecule has 0 atom stereocenters. The summed E-state index contributed by atoms with van der Waals surface area (Å²) >= 11 is 7.06. The van der Waals surface area contributed by atoms with Gasteiger partial charge in [0.15, 0.2) is 0 Å². The molecule has 0 aromatic heterocycles. The predicted octanol–water partition coefficient (Wildman–Crippen LogP) is 4.16. The number of halogens is 2. The SMILES string of the molecule is O=C(O)N1CCN(C(=O)Cc2cc(Br)c(OCc3ccccc3)c(Br)c2)CC1. The minimum atomic E-state index is -0.939. The van der Waals surface area contributed by atoms with Crippen molar-refractivity contribution in [2.75, 3.05) is 26.2 Å². The maximum absolute atomic E-state index is 12.6. The second kappa shape index (κ2) is 9.43. The zero-order chi connectivity index (χ0) is 20.1. The van der Waals surface area contributed by atoms with Gasteiger partial charge < -0.3 is 19.6 Å². The molecule has 1 saturated heterocycles. The molecule has 148 valence electrons. The number of hydrogen-bond acceptors (Lipinski definition) is 3. The van der Waals surface area contributed by atoms with Crippen LogP contribution in [-0.4, -0.2) is 53.1 Å². The number of benzene rings is 2. The summed E-state index contributed by atoms with van der Waals surface area (Å²) in [6.07, 6.45) is -0.686. The largest absolute Gasteiger partial charge is 0.487 e. The molecule has 1 aliphatic rings. The van der Waals surface area contributed by atoms with Gasteiger partial charge >= 0.3 is 6.09 Å². The van der Waals surface area contributed by atoms with E-state index < -0.39 is 6.09 Å². The molecule has 0 spiro atoms. The van der Waals surface area contributed by atoms with E-state index in [1.54, 1.807) is 4.90 Å². The summed E-state index contributed by atoms with van der Waals surface area (Å²) in [6.45, 7) is 1.99. The summed E-state index contributed by atoms with van der Waals surface area (Å²) in [7, 11) is 0. The van der Waals surface area contributed by atoms with Crippen LogP contribution in [0.15, 0.2) is 51.4 Å². The summed E-state index contributed by atoms with van der Waals surface area (Å²) in [5, 5.41) is 9.00. The van der Waals surface area contributed by atoms with E-state index in [2.05, 4.69) is 31.9 Å². The van der Waals surface area contributed by atoms with Crippen molar-refractivity contribution >= 4 is 43.9 Å². The summed E-state index contributed by atoms with van der Waals surface area (Å²) in [5.74, 6) is 0.678. The van der Waals surface area contributed by atoms with Crippen LogP contribution in [0.4, 0.5) is 4.79 Å². The molecule has 1 aliphatic heterocycles. The number of rotatable bonds is 5. The summed E-state index contributed by atoms with van der Waals surface area (Å²) in [4.78, 5) is 26.6. The van der Waals surface area contributed by atoms with Crippen molar-refractivity contribution in [3.8, 4) is 5.75 Å². The van der Waals surface area contributed by atoms with Gasteiger partial charge in [-0.25, -0.2) is 4.79 Å². The Bertz CT molecular complexity index is 830. The number of piperazine rings is 1. The van der Waals surface area contributed by atoms with E-state index in [1.165, 1.54) is 4.90 Å². The van der Waals surface area contributed by atoms with E-state index in [9.17, 15) is 9.59 Å². The van der Waals surface area contributed by atoms with Crippen molar-refractivity contribution in [1.29, 1.82) is 0 Å². The highest BCUT2D eigenvalue weighted by Gasteiger charge is 2.24. The van der Waals surface area contributed by atoms with Crippen molar-refractivity contribution in [3.05, 3.63) is 62.5 Å². The zero-order valence-electron chi connectivity index (χ0n) is 15.1.